The summed E-state index contributed by atoms with van der Waals surface area (Å²) in [5, 5.41) is 0. The first-order valence-corrected chi connectivity index (χ1v) is 10.9. The Hall–Kier alpha value is -1.61. The largest absolute Gasteiger partial charge is 0.441 e. The Morgan fingerprint density at radius 2 is 1.07 bits per heavy atom. The molecule has 164 valence electrons. The summed E-state index contributed by atoms with van der Waals surface area (Å²) in [6.07, 6.45) is 0. The van der Waals surface area contributed by atoms with Gasteiger partial charge in [0.2, 0.25) is 0 Å². The van der Waals surface area contributed by atoms with Crippen LogP contribution < -0.4 is 0 Å². The molecule has 0 amide bonds. The summed E-state index contributed by atoms with van der Waals surface area (Å²) in [7, 11) is 0. The van der Waals surface area contributed by atoms with Crippen molar-refractivity contribution in [1.29, 1.82) is 0 Å². The van der Waals surface area contributed by atoms with Crippen LogP contribution in [-0.4, -0.2) is 28.3 Å². The molecule has 9 heteroatoms. The average molecular weight is 467 g/mol. The van der Waals surface area contributed by atoms with E-state index in [4.69, 9.17) is 0 Å². The van der Waals surface area contributed by atoms with Crippen molar-refractivity contribution >= 4 is 29.3 Å². The highest BCUT2D eigenvalue weighted by Gasteiger charge is 2.38. The standard InChI is InChI=1S/C21H20F6OS2/c1-13-7-3-5-9-15(13)17(11-29-20(22,23)24)19(28)18(12-30-21(25,26)27)16-10-6-4-8-14(16)2/h3-10,17-18H,11-12H2,1-2H3. The smallest absolute Gasteiger partial charge is 0.298 e. The second-order valence-corrected chi connectivity index (χ2v) is 8.90. The van der Waals surface area contributed by atoms with E-state index in [1.54, 1.807) is 62.4 Å². The Kier molecular flexibility index (Phi) is 8.33. The molecule has 0 spiro atoms. The van der Waals surface area contributed by atoms with E-state index in [0.717, 1.165) is 0 Å². The lowest BCUT2D eigenvalue weighted by Gasteiger charge is -2.25. The fourth-order valence-electron chi connectivity index (χ4n) is 3.20. The molecule has 2 atom stereocenters. The summed E-state index contributed by atoms with van der Waals surface area (Å²) >= 11 is -0.672. The van der Waals surface area contributed by atoms with Crippen molar-refractivity contribution in [2.45, 2.75) is 36.7 Å². The molecule has 0 bridgehead atoms. The van der Waals surface area contributed by atoms with Crippen LogP contribution in [0, 0.1) is 13.8 Å². The zero-order valence-corrected chi connectivity index (χ0v) is 17.8. The van der Waals surface area contributed by atoms with Gasteiger partial charge < -0.3 is 0 Å². The van der Waals surface area contributed by atoms with Crippen LogP contribution in [0.2, 0.25) is 0 Å². The van der Waals surface area contributed by atoms with Crippen LogP contribution >= 0.6 is 23.5 Å². The van der Waals surface area contributed by atoms with E-state index in [1.807, 2.05) is 0 Å². The lowest BCUT2D eigenvalue weighted by Crippen LogP contribution is -2.27. The summed E-state index contributed by atoms with van der Waals surface area (Å²) in [6, 6.07) is 13.0. The number of aryl methyl sites for hydroxylation is 2. The van der Waals surface area contributed by atoms with Gasteiger partial charge in [0.25, 0.3) is 0 Å². The fraction of sp³-hybridized carbons (Fsp3) is 0.381. The van der Waals surface area contributed by atoms with E-state index in [0.29, 0.717) is 22.3 Å². The molecule has 0 aliphatic carbocycles. The molecular formula is C21H20F6OS2. The molecule has 0 heterocycles. The van der Waals surface area contributed by atoms with Crippen LogP contribution in [0.25, 0.3) is 0 Å². The maximum absolute atomic E-state index is 13.4. The van der Waals surface area contributed by atoms with Gasteiger partial charge in [0.1, 0.15) is 5.78 Å². The van der Waals surface area contributed by atoms with Crippen LogP contribution in [0.4, 0.5) is 26.3 Å². The minimum absolute atomic E-state index is 0.336. The van der Waals surface area contributed by atoms with Gasteiger partial charge in [-0.05, 0) is 59.6 Å². The quantitative estimate of drug-likeness (QED) is 0.382. The van der Waals surface area contributed by atoms with Crippen molar-refractivity contribution in [3.8, 4) is 0 Å². The third kappa shape index (κ3) is 7.27. The van der Waals surface area contributed by atoms with Gasteiger partial charge in [-0.25, -0.2) is 0 Å². The SMILES string of the molecule is Cc1ccccc1C(CSC(F)(F)F)C(=O)C(CSC(F)(F)F)c1ccccc1C. The Morgan fingerprint density at radius 3 is 1.37 bits per heavy atom. The topological polar surface area (TPSA) is 17.1 Å². The first kappa shape index (κ1) is 24.7. The second-order valence-electron chi connectivity index (χ2n) is 6.73. The monoisotopic (exact) mass is 466 g/mol. The number of Topliss-reactive ketones (excluding diaryl/α,β-unsaturated/α-hetero) is 1. The zero-order chi connectivity index (χ0) is 22.5. The van der Waals surface area contributed by atoms with Crippen LogP contribution in [0.3, 0.4) is 0 Å². The number of rotatable bonds is 8. The molecule has 1 nitrogen and oxygen atoms in total. The van der Waals surface area contributed by atoms with E-state index in [1.165, 1.54) is 0 Å². The molecular weight excluding hydrogens is 446 g/mol. The van der Waals surface area contributed by atoms with E-state index in [-0.39, 0.29) is 23.5 Å². The van der Waals surface area contributed by atoms with Crippen LogP contribution in [0.5, 0.6) is 0 Å². The van der Waals surface area contributed by atoms with Gasteiger partial charge in [-0.2, -0.15) is 26.3 Å². The highest BCUT2D eigenvalue weighted by molar-refractivity contribution is 8.00. The maximum atomic E-state index is 13.4. The van der Waals surface area contributed by atoms with Crippen LogP contribution in [0.15, 0.2) is 48.5 Å². The van der Waals surface area contributed by atoms with E-state index in [9.17, 15) is 31.1 Å². The number of carbonyl (C=O) groups excluding carboxylic acids is 1. The fourth-order valence-corrected chi connectivity index (χ4v) is 4.60. The molecule has 0 saturated heterocycles. The van der Waals surface area contributed by atoms with Gasteiger partial charge in [-0.1, -0.05) is 48.5 Å². The molecule has 2 aromatic rings. The molecule has 0 radical (unpaired) electrons. The summed E-state index contributed by atoms with van der Waals surface area (Å²) in [5.74, 6) is -4.20. The number of alkyl halides is 6. The van der Waals surface area contributed by atoms with Crippen molar-refractivity contribution in [3.63, 3.8) is 0 Å². The molecule has 2 aromatic carbocycles. The number of halogens is 6. The number of thioether (sulfide) groups is 2. The minimum atomic E-state index is -4.56. The van der Waals surface area contributed by atoms with Crippen molar-refractivity contribution < 1.29 is 31.1 Å². The zero-order valence-electron chi connectivity index (χ0n) is 16.2. The molecule has 0 saturated carbocycles. The highest BCUT2D eigenvalue weighted by atomic mass is 32.2. The first-order valence-electron chi connectivity index (χ1n) is 8.95. The lowest BCUT2D eigenvalue weighted by atomic mass is 9.83. The second kappa shape index (κ2) is 10.1. The number of hydrogen-bond donors (Lipinski definition) is 0. The van der Waals surface area contributed by atoms with Crippen molar-refractivity contribution in [2.24, 2.45) is 0 Å². The number of carbonyl (C=O) groups is 1. The maximum Gasteiger partial charge on any atom is 0.441 e. The summed E-state index contributed by atoms with van der Waals surface area (Å²) < 4.78 is 77.3. The normalized spacial score (nSPS) is 14.4. The summed E-state index contributed by atoms with van der Waals surface area (Å²) in [5.41, 5.74) is -7.08. The predicted molar refractivity (Wildman–Crippen MR) is 110 cm³/mol. The first-order chi connectivity index (χ1) is 13.9. The van der Waals surface area contributed by atoms with Crippen LogP contribution in [-0.2, 0) is 4.79 Å². The average Bonchev–Trinajstić information content (AvgIpc) is 2.63. The third-order valence-electron chi connectivity index (χ3n) is 4.64. The predicted octanol–water partition coefficient (Wildman–Crippen LogP) is 7.25. The van der Waals surface area contributed by atoms with Crippen molar-refractivity contribution in [3.05, 3.63) is 70.8 Å². The minimum Gasteiger partial charge on any atom is -0.298 e. The Labute approximate surface area is 179 Å². The Balaban J connectivity index is 2.47. The van der Waals surface area contributed by atoms with E-state index >= 15 is 0 Å². The Bertz CT molecular complexity index is 794. The number of benzene rings is 2. The van der Waals surface area contributed by atoms with E-state index < -0.39 is 40.1 Å². The molecule has 30 heavy (non-hydrogen) atoms. The Morgan fingerprint density at radius 1 is 0.733 bits per heavy atom. The number of hydrogen-bond acceptors (Lipinski definition) is 3. The van der Waals surface area contributed by atoms with Gasteiger partial charge >= 0.3 is 11.0 Å². The number of ketones is 1. The third-order valence-corrected chi connectivity index (χ3v) is 6.30. The molecule has 0 aromatic heterocycles. The highest BCUT2D eigenvalue weighted by Crippen LogP contribution is 2.41. The summed E-state index contributed by atoms with van der Waals surface area (Å²) in [6.45, 7) is 3.34. The lowest BCUT2D eigenvalue weighted by molar-refractivity contribution is -0.121. The van der Waals surface area contributed by atoms with Gasteiger partial charge in [0.05, 0.1) is 11.8 Å². The van der Waals surface area contributed by atoms with E-state index in [2.05, 4.69) is 0 Å². The van der Waals surface area contributed by atoms with Crippen molar-refractivity contribution in [2.75, 3.05) is 11.5 Å². The molecule has 2 rings (SSSR count). The molecule has 0 aliphatic heterocycles. The van der Waals surface area contributed by atoms with Gasteiger partial charge in [-0.15, -0.1) is 0 Å². The van der Waals surface area contributed by atoms with Gasteiger partial charge in [0.15, 0.2) is 0 Å². The van der Waals surface area contributed by atoms with Gasteiger partial charge in [0, 0.05) is 11.5 Å². The van der Waals surface area contributed by atoms with Gasteiger partial charge in [-0.3, -0.25) is 4.79 Å². The molecule has 0 fully saturated rings. The molecule has 2 unspecified atom stereocenters. The van der Waals surface area contributed by atoms with Crippen molar-refractivity contribution in [1.82, 2.24) is 0 Å². The van der Waals surface area contributed by atoms with Crippen LogP contribution in [0.1, 0.15) is 34.1 Å². The molecule has 0 N–H and O–H groups in total. The summed E-state index contributed by atoms with van der Waals surface area (Å²) in [4.78, 5) is 13.4. The molecule has 0 aliphatic rings.